The first-order valence-electron chi connectivity index (χ1n) is 5.94. The summed E-state index contributed by atoms with van der Waals surface area (Å²) >= 11 is 3.74. The number of nitrogens with zero attached hydrogens (tertiary/aromatic N) is 1. The van der Waals surface area contributed by atoms with Crippen molar-refractivity contribution in [1.82, 2.24) is 4.98 Å². The molecule has 2 nitrogen and oxygen atoms in total. The van der Waals surface area contributed by atoms with E-state index in [9.17, 15) is 0 Å². The summed E-state index contributed by atoms with van der Waals surface area (Å²) in [6, 6.07) is 2.14. The molecule has 1 heterocycles. The smallest absolute Gasteiger partial charge is 0.137 e. The van der Waals surface area contributed by atoms with Gasteiger partial charge in [0.1, 0.15) is 5.75 Å². The molecule has 0 radical (unpaired) electrons. The van der Waals surface area contributed by atoms with E-state index in [4.69, 9.17) is 4.74 Å². The van der Waals surface area contributed by atoms with E-state index in [1.165, 1.54) is 18.4 Å². The van der Waals surface area contributed by atoms with Gasteiger partial charge >= 0.3 is 0 Å². The largest absolute Gasteiger partial charge is 0.492 e. The van der Waals surface area contributed by atoms with Gasteiger partial charge in [-0.3, -0.25) is 4.98 Å². The van der Waals surface area contributed by atoms with Crippen LogP contribution in [0.1, 0.15) is 38.2 Å². The highest BCUT2D eigenvalue weighted by Gasteiger charge is 2.32. The fourth-order valence-electron chi connectivity index (χ4n) is 2.47. The van der Waals surface area contributed by atoms with Gasteiger partial charge in [0.25, 0.3) is 0 Å². The molecule has 1 aromatic rings. The fraction of sp³-hybridized carbons (Fsp3) is 0.615. The van der Waals surface area contributed by atoms with Crippen molar-refractivity contribution >= 4 is 15.9 Å². The predicted octanol–water partition coefficient (Wildman–Crippen LogP) is 3.76. The second-order valence-corrected chi connectivity index (χ2v) is 5.62. The molecule has 88 valence electrons. The maximum absolute atomic E-state index is 5.49. The number of aromatic nitrogens is 1. The topological polar surface area (TPSA) is 22.1 Å². The quantitative estimate of drug-likeness (QED) is 0.788. The van der Waals surface area contributed by atoms with Crippen molar-refractivity contribution in [2.75, 3.05) is 6.61 Å². The van der Waals surface area contributed by atoms with Gasteiger partial charge in [0.05, 0.1) is 12.8 Å². The molecule has 1 fully saturated rings. The predicted molar refractivity (Wildman–Crippen MR) is 69.3 cm³/mol. The number of halogens is 1. The lowest BCUT2D eigenvalue weighted by Crippen LogP contribution is -2.09. The monoisotopic (exact) mass is 283 g/mol. The highest BCUT2D eigenvalue weighted by molar-refractivity contribution is 9.09. The molecule has 3 heteroatoms. The molecule has 0 spiro atoms. The molecule has 0 saturated heterocycles. The van der Waals surface area contributed by atoms with Crippen molar-refractivity contribution in [2.45, 2.75) is 37.4 Å². The number of hydrogen-bond donors (Lipinski definition) is 0. The van der Waals surface area contributed by atoms with E-state index in [0.717, 1.165) is 5.75 Å². The van der Waals surface area contributed by atoms with Crippen molar-refractivity contribution in [3.8, 4) is 5.75 Å². The van der Waals surface area contributed by atoms with Gasteiger partial charge in [-0.1, -0.05) is 22.9 Å². The Labute approximate surface area is 106 Å². The van der Waals surface area contributed by atoms with Crippen molar-refractivity contribution in [3.05, 3.63) is 24.0 Å². The van der Waals surface area contributed by atoms with Crippen LogP contribution in [0.25, 0.3) is 0 Å². The van der Waals surface area contributed by atoms with E-state index in [0.29, 0.717) is 23.3 Å². The summed E-state index contributed by atoms with van der Waals surface area (Å²) in [6.07, 6.45) is 6.27. The molecule has 0 amide bonds. The zero-order valence-corrected chi connectivity index (χ0v) is 11.4. The van der Waals surface area contributed by atoms with E-state index in [1.807, 2.05) is 13.1 Å². The third kappa shape index (κ3) is 2.40. The van der Waals surface area contributed by atoms with E-state index in [1.54, 1.807) is 6.20 Å². The summed E-state index contributed by atoms with van der Waals surface area (Å²) in [5, 5.41) is 0. The van der Waals surface area contributed by atoms with Crippen molar-refractivity contribution in [1.29, 1.82) is 0 Å². The summed E-state index contributed by atoms with van der Waals surface area (Å²) in [5.74, 6) is 2.20. The molecule has 1 aromatic heterocycles. The summed E-state index contributed by atoms with van der Waals surface area (Å²) in [7, 11) is 0. The fourth-order valence-corrected chi connectivity index (χ4v) is 3.10. The van der Waals surface area contributed by atoms with E-state index >= 15 is 0 Å². The van der Waals surface area contributed by atoms with Crippen LogP contribution in [0, 0.1) is 5.92 Å². The molecule has 3 atom stereocenters. The third-order valence-electron chi connectivity index (χ3n) is 3.43. The molecule has 16 heavy (non-hydrogen) atoms. The van der Waals surface area contributed by atoms with Crippen LogP contribution in [0.15, 0.2) is 18.5 Å². The lowest BCUT2D eigenvalue weighted by atomic mass is 9.91. The van der Waals surface area contributed by atoms with E-state index in [-0.39, 0.29) is 0 Å². The van der Waals surface area contributed by atoms with Crippen LogP contribution in [0.3, 0.4) is 0 Å². The Morgan fingerprint density at radius 1 is 1.44 bits per heavy atom. The summed E-state index contributed by atoms with van der Waals surface area (Å²) in [5.41, 5.74) is 1.32. The van der Waals surface area contributed by atoms with E-state index < -0.39 is 0 Å². The molecule has 0 aromatic carbocycles. The first kappa shape index (κ1) is 11.9. The van der Waals surface area contributed by atoms with Crippen LogP contribution in [0.4, 0.5) is 0 Å². The molecule has 1 aliphatic carbocycles. The Morgan fingerprint density at radius 3 is 2.88 bits per heavy atom. The minimum atomic E-state index is 0.622. The maximum Gasteiger partial charge on any atom is 0.137 e. The Hall–Kier alpha value is -0.570. The van der Waals surface area contributed by atoms with Crippen molar-refractivity contribution in [2.24, 2.45) is 5.92 Å². The minimum absolute atomic E-state index is 0.622. The van der Waals surface area contributed by atoms with Gasteiger partial charge in [-0.25, -0.2) is 0 Å². The Kier molecular flexibility index (Phi) is 3.85. The maximum atomic E-state index is 5.49. The number of hydrogen-bond acceptors (Lipinski definition) is 2. The minimum Gasteiger partial charge on any atom is -0.492 e. The highest BCUT2D eigenvalue weighted by Crippen LogP contribution is 2.43. The second-order valence-electron chi connectivity index (χ2n) is 4.45. The zero-order valence-electron chi connectivity index (χ0n) is 9.82. The molecule has 1 aliphatic rings. The van der Waals surface area contributed by atoms with Crippen LogP contribution >= 0.6 is 15.9 Å². The molecular weight excluding hydrogens is 266 g/mol. The van der Waals surface area contributed by atoms with Gasteiger partial charge in [-0.2, -0.15) is 0 Å². The van der Waals surface area contributed by atoms with Crippen molar-refractivity contribution < 1.29 is 4.74 Å². The lowest BCUT2D eigenvalue weighted by molar-refractivity contribution is 0.338. The summed E-state index contributed by atoms with van der Waals surface area (Å²) in [4.78, 5) is 4.91. The number of alkyl halides is 1. The highest BCUT2D eigenvalue weighted by atomic mass is 79.9. The Morgan fingerprint density at radius 2 is 2.25 bits per heavy atom. The van der Waals surface area contributed by atoms with Crippen LogP contribution < -0.4 is 4.74 Å². The molecular formula is C13H18BrNO. The van der Waals surface area contributed by atoms with Gasteiger partial charge in [0.2, 0.25) is 0 Å². The molecule has 1 saturated carbocycles. The van der Waals surface area contributed by atoms with Crippen LogP contribution in [0.5, 0.6) is 5.75 Å². The van der Waals surface area contributed by atoms with Gasteiger partial charge in [0.15, 0.2) is 0 Å². The number of rotatable bonds is 3. The number of pyridine rings is 1. The molecule has 0 N–H and O–H groups in total. The van der Waals surface area contributed by atoms with Gasteiger partial charge in [0, 0.05) is 11.0 Å². The first-order chi connectivity index (χ1) is 7.72. The van der Waals surface area contributed by atoms with Gasteiger partial charge in [-0.05, 0) is 43.2 Å². The zero-order chi connectivity index (χ0) is 11.5. The van der Waals surface area contributed by atoms with Crippen LogP contribution in [0.2, 0.25) is 0 Å². The molecule has 0 bridgehead atoms. The molecule has 2 rings (SSSR count). The third-order valence-corrected chi connectivity index (χ3v) is 4.72. The Balaban J connectivity index is 2.17. The summed E-state index contributed by atoms with van der Waals surface area (Å²) < 4.78 is 5.49. The standard InChI is InChI=1S/C13H18BrNO/c1-3-16-11-6-10(7-15-8-11)12-4-5-13(14)9(12)2/h6-9,12-13H,3-5H2,1-2H3. The van der Waals surface area contributed by atoms with Gasteiger partial charge < -0.3 is 4.74 Å². The average Bonchev–Trinajstić information content (AvgIpc) is 2.61. The first-order valence-corrected chi connectivity index (χ1v) is 6.85. The summed E-state index contributed by atoms with van der Waals surface area (Å²) in [6.45, 7) is 5.01. The van der Waals surface area contributed by atoms with Crippen LogP contribution in [-0.2, 0) is 0 Å². The molecule has 3 unspecified atom stereocenters. The number of ether oxygens (including phenoxy) is 1. The average molecular weight is 284 g/mol. The molecule has 0 aliphatic heterocycles. The second kappa shape index (κ2) is 5.17. The van der Waals surface area contributed by atoms with Crippen molar-refractivity contribution in [3.63, 3.8) is 0 Å². The van der Waals surface area contributed by atoms with Gasteiger partial charge in [-0.15, -0.1) is 0 Å². The Bertz CT molecular complexity index is 356. The normalized spacial score (nSPS) is 29.3. The SMILES string of the molecule is CCOc1cncc(C2CCC(Br)C2C)c1. The van der Waals surface area contributed by atoms with E-state index in [2.05, 4.69) is 33.9 Å². The van der Waals surface area contributed by atoms with Crippen LogP contribution in [-0.4, -0.2) is 16.4 Å². The lowest BCUT2D eigenvalue weighted by Gasteiger charge is -2.17.